The van der Waals surface area contributed by atoms with E-state index in [2.05, 4.69) is 29.2 Å². The SMILES string of the molecule is CN=C(NCc1ccc(F)c(CO)c1)N(C)CC1CCC(C)CC1. The second kappa shape index (κ2) is 9.02. The number of hydrogen-bond acceptors (Lipinski definition) is 2. The predicted octanol–water partition coefficient (Wildman–Crippen LogP) is 3.15. The first-order valence-electron chi connectivity index (χ1n) is 8.83. The van der Waals surface area contributed by atoms with Gasteiger partial charge < -0.3 is 15.3 Å². The van der Waals surface area contributed by atoms with Gasteiger partial charge in [-0.25, -0.2) is 4.39 Å². The van der Waals surface area contributed by atoms with Crippen molar-refractivity contribution in [3.63, 3.8) is 0 Å². The van der Waals surface area contributed by atoms with Crippen LogP contribution in [0, 0.1) is 17.7 Å². The quantitative estimate of drug-likeness (QED) is 0.642. The third-order valence-electron chi connectivity index (χ3n) is 4.97. The number of guanidine groups is 1. The van der Waals surface area contributed by atoms with Gasteiger partial charge in [0.2, 0.25) is 0 Å². The number of nitrogens with zero attached hydrogens (tertiary/aromatic N) is 2. The number of rotatable bonds is 5. The van der Waals surface area contributed by atoms with E-state index in [1.54, 1.807) is 19.2 Å². The number of hydrogen-bond donors (Lipinski definition) is 2. The van der Waals surface area contributed by atoms with E-state index in [1.165, 1.54) is 31.7 Å². The minimum absolute atomic E-state index is 0.283. The average molecular weight is 335 g/mol. The summed E-state index contributed by atoms with van der Waals surface area (Å²) in [6.07, 6.45) is 5.23. The minimum Gasteiger partial charge on any atom is -0.392 e. The number of aliphatic imine (C=N–C) groups is 1. The van der Waals surface area contributed by atoms with Gasteiger partial charge in [0.15, 0.2) is 5.96 Å². The van der Waals surface area contributed by atoms with Crippen LogP contribution < -0.4 is 5.32 Å². The smallest absolute Gasteiger partial charge is 0.193 e. The summed E-state index contributed by atoms with van der Waals surface area (Å²) in [6, 6.07) is 4.83. The van der Waals surface area contributed by atoms with Crippen LogP contribution in [0.4, 0.5) is 4.39 Å². The summed E-state index contributed by atoms with van der Waals surface area (Å²) in [4.78, 5) is 6.53. The van der Waals surface area contributed by atoms with Crippen LogP contribution in [-0.4, -0.2) is 36.6 Å². The summed E-state index contributed by atoms with van der Waals surface area (Å²) in [5, 5.41) is 12.5. The van der Waals surface area contributed by atoms with Gasteiger partial charge in [0, 0.05) is 32.7 Å². The molecule has 0 bridgehead atoms. The minimum atomic E-state index is -0.366. The zero-order chi connectivity index (χ0) is 17.5. The molecule has 0 spiro atoms. The van der Waals surface area contributed by atoms with E-state index in [1.807, 2.05) is 0 Å². The van der Waals surface area contributed by atoms with Crippen molar-refractivity contribution >= 4 is 5.96 Å². The van der Waals surface area contributed by atoms with Crippen LogP contribution in [-0.2, 0) is 13.2 Å². The molecule has 2 rings (SSSR count). The lowest BCUT2D eigenvalue weighted by atomic mass is 9.83. The van der Waals surface area contributed by atoms with Gasteiger partial charge in [-0.3, -0.25) is 4.99 Å². The molecule has 0 saturated heterocycles. The van der Waals surface area contributed by atoms with E-state index in [0.29, 0.717) is 12.1 Å². The van der Waals surface area contributed by atoms with Crippen LogP contribution in [0.15, 0.2) is 23.2 Å². The Morgan fingerprint density at radius 1 is 1.33 bits per heavy atom. The Bertz CT molecular complexity index is 554. The van der Waals surface area contributed by atoms with Gasteiger partial charge in [-0.1, -0.05) is 25.8 Å². The van der Waals surface area contributed by atoms with E-state index < -0.39 is 0 Å². The van der Waals surface area contributed by atoms with Crippen molar-refractivity contribution in [3.05, 3.63) is 35.1 Å². The highest BCUT2D eigenvalue weighted by Crippen LogP contribution is 2.28. The maximum atomic E-state index is 13.4. The number of halogens is 1. The fourth-order valence-corrected chi connectivity index (χ4v) is 3.41. The molecule has 1 aromatic carbocycles. The van der Waals surface area contributed by atoms with Crippen molar-refractivity contribution in [3.8, 4) is 0 Å². The zero-order valence-corrected chi connectivity index (χ0v) is 15.1. The van der Waals surface area contributed by atoms with Gasteiger partial charge in [0.1, 0.15) is 5.82 Å². The first-order chi connectivity index (χ1) is 11.5. The Balaban J connectivity index is 1.87. The van der Waals surface area contributed by atoms with Gasteiger partial charge in [0.25, 0.3) is 0 Å². The molecular formula is C19H30FN3O. The highest BCUT2D eigenvalue weighted by molar-refractivity contribution is 5.79. The molecule has 24 heavy (non-hydrogen) atoms. The molecule has 0 aromatic heterocycles. The molecule has 0 amide bonds. The Morgan fingerprint density at radius 3 is 2.67 bits per heavy atom. The standard InChI is InChI=1S/C19H30FN3O/c1-14-4-6-15(7-5-14)12-23(3)19(21-2)22-11-16-8-9-18(20)17(10-16)13-24/h8-10,14-15,24H,4-7,11-13H2,1-3H3,(H,21,22). The van der Waals surface area contributed by atoms with Crippen molar-refractivity contribution in [2.75, 3.05) is 20.6 Å². The van der Waals surface area contributed by atoms with E-state index in [4.69, 9.17) is 5.11 Å². The van der Waals surface area contributed by atoms with Gasteiger partial charge in [-0.2, -0.15) is 0 Å². The van der Waals surface area contributed by atoms with Crippen molar-refractivity contribution < 1.29 is 9.50 Å². The molecule has 0 heterocycles. The molecule has 1 aromatic rings. The molecule has 4 nitrogen and oxygen atoms in total. The molecular weight excluding hydrogens is 305 g/mol. The first-order valence-corrected chi connectivity index (χ1v) is 8.83. The molecule has 0 radical (unpaired) electrons. The lowest BCUT2D eigenvalue weighted by molar-refractivity contribution is 0.250. The second-order valence-corrected chi connectivity index (χ2v) is 6.99. The third-order valence-corrected chi connectivity index (χ3v) is 4.97. The second-order valence-electron chi connectivity index (χ2n) is 6.99. The van der Waals surface area contributed by atoms with Crippen LogP contribution in [0.25, 0.3) is 0 Å². The summed E-state index contributed by atoms with van der Waals surface area (Å²) >= 11 is 0. The summed E-state index contributed by atoms with van der Waals surface area (Å²) in [7, 11) is 3.85. The average Bonchev–Trinajstić information content (AvgIpc) is 2.58. The van der Waals surface area contributed by atoms with E-state index in [9.17, 15) is 4.39 Å². The summed E-state index contributed by atoms with van der Waals surface area (Å²) in [5.41, 5.74) is 1.26. The molecule has 0 unspecified atom stereocenters. The van der Waals surface area contributed by atoms with E-state index in [-0.39, 0.29) is 12.4 Å². The monoisotopic (exact) mass is 335 g/mol. The van der Waals surface area contributed by atoms with Gasteiger partial charge in [0.05, 0.1) is 6.61 Å². The summed E-state index contributed by atoms with van der Waals surface area (Å²) < 4.78 is 13.4. The molecule has 0 atom stereocenters. The highest BCUT2D eigenvalue weighted by Gasteiger charge is 2.20. The maximum absolute atomic E-state index is 13.4. The summed E-state index contributed by atoms with van der Waals surface area (Å²) in [5.74, 6) is 2.08. The molecule has 1 saturated carbocycles. The number of aliphatic hydroxyl groups is 1. The van der Waals surface area contributed by atoms with E-state index in [0.717, 1.165) is 29.9 Å². The Hall–Kier alpha value is -1.62. The largest absolute Gasteiger partial charge is 0.392 e. The lowest BCUT2D eigenvalue weighted by Gasteiger charge is -2.31. The third kappa shape index (κ3) is 5.20. The van der Waals surface area contributed by atoms with Crippen molar-refractivity contribution in [1.82, 2.24) is 10.2 Å². The van der Waals surface area contributed by atoms with Crippen molar-refractivity contribution in [1.29, 1.82) is 0 Å². The molecule has 0 aliphatic heterocycles. The molecule has 1 aliphatic carbocycles. The molecule has 1 fully saturated rings. The number of aliphatic hydroxyl groups excluding tert-OH is 1. The Kier molecular flexibility index (Phi) is 7.03. The Labute approximate surface area is 144 Å². The topological polar surface area (TPSA) is 47.9 Å². The maximum Gasteiger partial charge on any atom is 0.193 e. The van der Waals surface area contributed by atoms with Crippen LogP contribution >= 0.6 is 0 Å². The number of benzene rings is 1. The normalized spacial score (nSPS) is 21.6. The van der Waals surface area contributed by atoms with Crippen LogP contribution in [0.2, 0.25) is 0 Å². The summed E-state index contributed by atoms with van der Waals surface area (Å²) in [6.45, 7) is 3.63. The molecule has 134 valence electrons. The van der Waals surface area contributed by atoms with Gasteiger partial charge >= 0.3 is 0 Å². The van der Waals surface area contributed by atoms with Gasteiger partial charge in [-0.15, -0.1) is 0 Å². The van der Waals surface area contributed by atoms with Crippen LogP contribution in [0.5, 0.6) is 0 Å². The lowest BCUT2D eigenvalue weighted by Crippen LogP contribution is -2.41. The zero-order valence-electron chi connectivity index (χ0n) is 15.1. The molecule has 2 N–H and O–H groups in total. The fraction of sp³-hybridized carbons (Fsp3) is 0.632. The molecule has 5 heteroatoms. The Morgan fingerprint density at radius 2 is 2.04 bits per heavy atom. The van der Waals surface area contributed by atoms with Gasteiger partial charge in [-0.05, 0) is 42.4 Å². The van der Waals surface area contributed by atoms with Crippen molar-refractivity contribution in [2.24, 2.45) is 16.8 Å². The predicted molar refractivity (Wildman–Crippen MR) is 96.3 cm³/mol. The fourth-order valence-electron chi connectivity index (χ4n) is 3.41. The van der Waals surface area contributed by atoms with Crippen LogP contribution in [0.3, 0.4) is 0 Å². The molecule has 1 aliphatic rings. The number of nitrogens with one attached hydrogen (secondary N) is 1. The van der Waals surface area contributed by atoms with Crippen molar-refractivity contribution in [2.45, 2.75) is 45.8 Å². The highest BCUT2D eigenvalue weighted by atomic mass is 19.1. The van der Waals surface area contributed by atoms with E-state index >= 15 is 0 Å². The first kappa shape index (κ1) is 18.7. The van der Waals surface area contributed by atoms with Crippen LogP contribution in [0.1, 0.15) is 43.7 Å².